The molecule has 0 saturated carbocycles. The Labute approximate surface area is 148 Å². The number of hydrogen-bond acceptors (Lipinski definition) is 3. The highest BCUT2D eigenvalue weighted by molar-refractivity contribution is 6.30. The molecule has 0 aliphatic rings. The van der Waals surface area contributed by atoms with Crippen molar-refractivity contribution in [2.24, 2.45) is 14.1 Å². The van der Waals surface area contributed by atoms with Crippen molar-refractivity contribution in [1.29, 1.82) is 0 Å². The highest BCUT2D eigenvalue weighted by Crippen LogP contribution is 2.11. The van der Waals surface area contributed by atoms with E-state index in [4.69, 9.17) is 11.6 Å². The zero-order valence-electron chi connectivity index (χ0n) is 13.8. The average molecular weight is 361 g/mol. The maximum atomic E-state index is 12.2. The van der Waals surface area contributed by atoms with E-state index in [2.05, 4.69) is 5.32 Å². The largest absolute Gasteiger partial charge is 0.350 e. The second kappa shape index (κ2) is 6.60. The van der Waals surface area contributed by atoms with Crippen LogP contribution in [0.15, 0.2) is 46.1 Å². The minimum atomic E-state index is -0.434. The number of halogens is 1. The third kappa shape index (κ3) is 3.23. The number of amides is 1. The second-order valence-corrected chi connectivity index (χ2v) is 6.23. The molecule has 0 spiro atoms. The van der Waals surface area contributed by atoms with E-state index in [1.165, 1.54) is 11.6 Å². The first-order chi connectivity index (χ1) is 11.9. The molecular formula is C17H17ClN4O3. The zero-order chi connectivity index (χ0) is 18.1. The molecule has 2 aromatic heterocycles. The van der Waals surface area contributed by atoms with Crippen molar-refractivity contribution < 1.29 is 4.79 Å². The van der Waals surface area contributed by atoms with Crippen molar-refractivity contribution in [3.63, 3.8) is 0 Å². The van der Waals surface area contributed by atoms with Crippen LogP contribution in [-0.2, 0) is 32.0 Å². The van der Waals surface area contributed by atoms with Crippen molar-refractivity contribution >= 4 is 28.5 Å². The van der Waals surface area contributed by atoms with Gasteiger partial charge >= 0.3 is 5.69 Å². The Morgan fingerprint density at radius 1 is 1.16 bits per heavy atom. The van der Waals surface area contributed by atoms with Gasteiger partial charge in [-0.15, -0.1) is 0 Å². The summed E-state index contributed by atoms with van der Waals surface area (Å²) in [7, 11) is 3.00. The van der Waals surface area contributed by atoms with Gasteiger partial charge in [0.25, 0.3) is 5.56 Å². The quantitative estimate of drug-likeness (QED) is 0.754. The summed E-state index contributed by atoms with van der Waals surface area (Å²) in [5.41, 5.74) is 0.499. The predicted molar refractivity (Wildman–Crippen MR) is 95.7 cm³/mol. The highest BCUT2D eigenvalue weighted by Gasteiger charge is 2.14. The van der Waals surface area contributed by atoms with Gasteiger partial charge in [-0.25, -0.2) is 4.79 Å². The van der Waals surface area contributed by atoms with E-state index in [9.17, 15) is 14.4 Å². The van der Waals surface area contributed by atoms with Crippen LogP contribution in [0.2, 0.25) is 5.02 Å². The third-order valence-electron chi connectivity index (χ3n) is 4.05. The summed E-state index contributed by atoms with van der Waals surface area (Å²) in [5, 5.41) is 3.80. The van der Waals surface area contributed by atoms with Crippen LogP contribution >= 0.6 is 11.6 Å². The van der Waals surface area contributed by atoms with Crippen molar-refractivity contribution in [1.82, 2.24) is 19.0 Å². The van der Waals surface area contributed by atoms with Gasteiger partial charge in [0.15, 0.2) is 0 Å². The monoisotopic (exact) mass is 360 g/mol. The Balaban J connectivity index is 1.82. The summed E-state index contributed by atoms with van der Waals surface area (Å²) in [6.45, 7) is 0.351. The Hall–Kier alpha value is -2.80. The number of carbonyl (C=O) groups excluding carboxylic acids is 1. The van der Waals surface area contributed by atoms with Crippen LogP contribution < -0.4 is 16.6 Å². The van der Waals surface area contributed by atoms with Crippen LogP contribution in [0.4, 0.5) is 0 Å². The number of rotatable bonds is 4. The minimum absolute atomic E-state index is 0.00448. The Kier molecular flexibility index (Phi) is 4.50. The molecule has 2 heterocycles. The van der Waals surface area contributed by atoms with Crippen LogP contribution in [0, 0.1) is 0 Å². The Morgan fingerprint density at radius 3 is 2.64 bits per heavy atom. The lowest BCUT2D eigenvalue weighted by Gasteiger charge is -2.10. The summed E-state index contributed by atoms with van der Waals surface area (Å²) < 4.78 is 4.00. The molecule has 0 atom stereocenters. The molecule has 0 unspecified atom stereocenters. The first kappa shape index (κ1) is 17.0. The third-order valence-corrected chi connectivity index (χ3v) is 4.29. The lowest BCUT2D eigenvalue weighted by atomic mass is 10.2. The minimum Gasteiger partial charge on any atom is -0.350 e. The number of hydrogen-bond donors (Lipinski definition) is 1. The van der Waals surface area contributed by atoms with Crippen molar-refractivity contribution in [2.75, 3.05) is 0 Å². The standard InChI is InChI=1S/C17H17ClN4O3/c1-20-15-13(16(24)21(2)17(20)25)6-7-22(15)10-14(23)19-9-11-4-3-5-12(18)8-11/h3-8H,9-10H2,1-2H3,(H,19,23). The molecule has 0 aliphatic carbocycles. The van der Waals surface area contributed by atoms with Crippen molar-refractivity contribution in [3.05, 3.63) is 68.0 Å². The van der Waals surface area contributed by atoms with E-state index in [0.717, 1.165) is 10.1 Å². The van der Waals surface area contributed by atoms with Crippen LogP contribution in [-0.4, -0.2) is 19.6 Å². The number of fused-ring (bicyclic) bond motifs is 1. The molecule has 0 radical (unpaired) electrons. The Morgan fingerprint density at radius 2 is 1.92 bits per heavy atom. The highest BCUT2D eigenvalue weighted by atomic mass is 35.5. The Bertz CT molecular complexity index is 1080. The van der Waals surface area contributed by atoms with Gasteiger partial charge in [-0.05, 0) is 23.8 Å². The van der Waals surface area contributed by atoms with E-state index in [1.807, 2.05) is 12.1 Å². The summed E-state index contributed by atoms with van der Waals surface area (Å²) in [6, 6.07) is 8.83. The van der Waals surface area contributed by atoms with E-state index in [1.54, 1.807) is 36.0 Å². The van der Waals surface area contributed by atoms with E-state index in [-0.39, 0.29) is 18.0 Å². The molecule has 130 valence electrons. The normalized spacial score (nSPS) is 11.0. The maximum absolute atomic E-state index is 12.2. The van der Waals surface area contributed by atoms with Gasteiger partial charge in [0.05, 0.1) is 5.39 Å². The molecule has 3 rings (SSSR count). The van der Waals surface area contributed by atoms with Gasteiger partial charge in [0, 0.05) is 31.9 Å². The first-order valence-electron chi connectivity index (χ1n) is 7.64. The van der Waals surface area contributed by atoms with Crippen LogP contribution in [0.25, 0.3) is 11.0 Å². The molecule has 7 nitrogen and oxygen atoms in total. The summed E-state index contributed by atoms with van der Waals surface area (Å²) in [5.74, 6) is -0.231. The predicted octanol–water partition coefficient (Wildman–Crippen LogP) is 1.01. The van der Waals surface area contributed by atoms with Crippen LogP contribution in [0.5, 0.6) is 0 Å². The number of aryl methyl sites for hydroxylation is 1. The molecule has 1 aromatic carbocycles. The van der Waals surface area contributed by atoms with E-state index in [0.29, 0.717) is 22.6 Å². The SMILES string of the molecule is Cn1c(=O)c2ccn(CC(=O)NCc3cccc(Cl)c3)c2n(C)c1=O. The van der Waals surface area contributed by atoms with Gasteiger partial charge in [-0.3, -0.25) is 18.7 Å². The summed E-state index contributed by atoms with van der Waals surface area (Å²) in [6.07, 6.45) is 1.63. The molecule has 0 aliphatic heterocycles. The molecule has 1 amide bonds. The number of benzene rings is 1. The number of carbonyl (C=O) groups is 1. The zero-order valence-corrected chi connectivity index (χ0v) is 14.6. The smallest absolute Gasteiger partial charge is 0.332 e. The van der Waals surface area contributed by atoms with Gasteiger partial charge in [0.1, 0.15) is 12.2 Å². The second-order valence-electron chi connectivity index (χ2n) is 5.79. The van der Waals surface area contributed by atoms with Gasteiger partial charge < -0.3 is 9.88 Å². The molecular weight excluding hydrogens is 344 g/mol. The molecule has 0 fully saturated rings. The molecule has 0 saturated heterocycles. The van der Waals surface area contributed by atoms with E-state index < -0.39 is 5.69 Å². The topological polar surface area (TPSA) is 78.0 Å². The number of nitrogens with one attached hydrogen (secondary N) is 1. The number of aromatic nitrogens is 3. The van der Waals surface area contributed by atoms with Crippen molar-refractivity contribution in [2.45, 2.75) is 13.1 Å². The summed E-state index contributed by atoms with van der Waals surface area (Å²) >= 11 is 5.92. The van der Waals surface area contributed by atoms with Gasteiger partial charge in [-0.1, -0.05) is 23.7 Å². The molecule has 0 bridgehead atoms. The molecule has 3 aromatic rings. The fraction of sp³-hybridized carbons (Fsp3) is 0.235. The van der Waals surface area contributed by atoms with Crippen molar-refractivity contribution in [3.8, 4) is 0 Å². The molecule has 25 heavy (non-hydrogen) atoms. The van der Waals surface area contributed by atoms with Crippen LogP contribution in [0.1, 0.15) is 5.56 Å². The van der Waals surface area contributed by atoms with Gasteiger partial charge in [0.2, 0.25) is 5.91 Å². The van der Waals surface area contributed by atoms with E-state index >= 15 is 0 Å². The lowest BCUT2D eigenvalue weighted by molar-refractivity contribution is -0.121. The maximum Gasteiger partial charge on any atom is 0.332 e. The first-order valence-corrected chi connectivity index (χ1v) is 8.02. The number of nitrogens with zero attached hydrogens (tertiary/aromatic N) is 3. The fourth-order valence-corrected chi connectivity index (χ4v) is 2.99. The molecule has 1 N–H and O–H groups in total. The fourth-order valence-electron chi connectivity index (χ4n) is 2.77. The average Bonchev–Trinajstić information content (AvgIpc) is 3.00. The molecule has 8 heteroatoms. The summed E-state index contributed by atoms with van der Waals surface area (Å²) in [4.78, 5) is 36.5. The lowest BCUT2D eigenvalue weighted by Crippen LogP contribution is -2.37. The van der Waals surface area contributed by atoms with Crippen LogP contribution in [0.3, 0.4) is 0 Å². The van der Waals surface area contributed by atoms with Gasteiger partial charge in [-0.2, -0.15) is 0 Å².